The van der Waals surface area contributed by atoms with Gasteiger partial charge in [-0.3, -0.25) is 9.48 Å². The van der Waals surface area contributed by atoms with Crippen LogP contribution in [-0.2, 0) is 26.8 Å². The van der Waals surface area contributed by atoms with Crippen molar-refractivity contribution >= 4 is 33.6 Å². The molecule has 0 saturated carbocycles. The van der Waals surface area contributed by atoms with E-state index in [1.54, 1.807) is 20.2 Å². The van der Waals surface area contributed by atoms with Crippen LogP contribution in [-0.4, -0.2) is 53.9 Å². The smallest absolute Gasteiger partial charge is 0.329 e. The highest BCUT2D eigenvalue weighted by molar-refractivity contribution is 8.04. The molecule has 2 aliphatic heterocycles. The lowest BCUT2D eigenvalue weighted by atomic mass is 10.4. The molecular formula is C12H16N4O4S2. The van der Waals surface area contributed by atoms with Crippen LogP contribution in [0, 0.1) is 0 Å². The fourth-order valence-corrected chi connectivity index (χ4v) is 4.82. The highest BCUT2D eigenvalue weighted by atomic mass is 32.2. The Morgan fingerprint density at radius 3 is 2.82 bits per heavy atom. The van der Waals surface area contributed by atoms with E-state index < -0.39 is 16.1 Å². The number of ether oxygens (including phenoxy) is 1. The summed E-state index contributed by atoms with van der Waals surface area (Å²) in [5, 5.41) is 3.97. The van der Waals surface area contributed by atoms with Gasteiger partial charge in [-0.25, -0.2) is 8.61 Å². The van der Waals surface area contributed by atoms with Crippen LogP contribution in [0.2, 0.25) is 0 Å². The van der Waals surface area contributed by atoms with Crippen LogP contribution in [0.5, 0.6) is 0 Å². The molecule has 3 rings (SSSR count). The third-order valence-corrected chi connectivity index (χ3v) is 6.41. The van der Waals surface area contributed by atoms with Gasteiger partial charge in [0.15, 0.2) is 0 Å². The standard InChI is InChI=1S/C12H16N4O4S2/c1-9-11(21-6-5-20-9)12(17)16-4-3-15(22(16,18)19)10-7-13-14(2)8-10/h7-8H,3-6H2,1-2H3. The molecular weight excluding hydrogens is 328 g/mol. The quantitative estimate of drug-likeness (QED) is 0.768. The SMILES string of the molecule is CC1=C(C(=O)N2CCN(c3cnn(C)c3)S2(=O)=O)SCCO1. The van der Waals surface area contributed by atoms with Crippen LogP contribution in [0.25, 0.3) is 0 Å². The van der Waals surface area contributed by atoms with Crippen LogP contribution < -0.4 is 4.31 Å². The predicted molar refractivity (Wildman–Crippen MR) is 82.3 cm³/mol. The lowest BCUT2D eigenvalue weighted by Crippen LogP contribution is -2.38. The molecule has 0 aromatic carbocycles. The Morgan fingerprint density at radius 2 is 2.18 bits per heavy atom. The number of allylic oxidation sites excluding steroid dienone is 1. The Kier molecular flexibility index (Phi) is 3.81. The minimum atomic E-state index is -3.88. The van der Waals surface area contributed by atoms with E-state index in [2.05, 4.69) is 5.10 Å². The van der Waals surface area contributed by atoms with Gasteiger partial charge >= 0.3 is 10.2 Å². The Morgan fingerprint density at radius 1 is 1.41 bits per heavy atom. The summed E-state index contributed by atoms with van der Waals surface area (Å²) in [6.07, 6.45) is 3.07. The number of aryl methyl sites for hydroxylation is 1. The summed E-state index contributed by atoms with van der Waals surface area (Å²) < 4.78 is 34.2. The van der Waals surface area contributed by atoms with Crippen molar-refractivity contribution in [2.45, 2.75) is 6.92 Å². The van der Waals surface area contributed by atoms with Crippen molar-refractivity contribution in [3.05, 3.63) is 23.1 Å². The number of carbonyl (C=O) groups is 1. The second-order valence-electron chi connectivity index (χ2n) is 4.91. The van der Waals surface area contributed by atoms with Crippen LogP contribution in [0.15, 0.2) is 23.1 Å². The van der Waals surface area contributed by atoms with E-state index in [4.69, 9.17) is 4.74 Å². The minimum Gasteiger partial charge on any atom is -0.496 e. The summed E-state index contributed by atoms with van der Waals surface area (Å²) in [6, 6.07) is 0. The monoisotopic (exact) mass is 344 g/mol. The zero-order valence-corrected chi connectivity index (χ0v) is 13.9. The second-order valence-corrected chi connectivity index (χ2v) is 7.79. The van der Waals surface area contributed by atoms with Gasteiger partial charge in [0, 0.05) is 19.0 Å². The van der Waals surface area contributed by atoms with Crippen LogP contribution in [0.1, 0.15) is 6.92 Å². The Bertz CT molecular complexity index is 740. The van der Waals surface area contributed by atoms with Gasteiger partial charge in [0.1, 0.15) is 10.7 Å². The summed E-state index contributed by atoms with van der Waals surface area (Å²) in [7, 11) is -2.17. The number of aromatic nitrogens is 2. The summed E-state index contributed by atoms with van der Waals surface area (Å²) in [5.41, 5.74) is 0.455. The van der Waals surface area contributed by atoms with E-state index in [-0.39, 0.29) is 13.1 Å². The van der Waals surface area contributed by atoms with Crippen molar-refractivity contribution in [1.82, 2.24) is 14.1 Å². The highest BCUT2D eigenvalue weighted by Crippen LogP contribution is 2.31. The molecule has 1 aromatic rings. The molecule has 120 valence electrons. The predicted octanol–water partition coefficient (Wildman–Crippen LogP) is 0.308. The molecule has 22 heavy (non-hydrogen) atoms. The molecule has 1 fully saturated rings. The first kappa shape index (κ1) is 15.2. The van der Waals surface area contributed by atoms with Gasteiger partial charge in [-0.15, -0.1) is 11.8 Å². The fourth-order valence-electron chi connectivity index (χ4n) is 2.37. The molecule has 0 N–H and O–H groups in total. The lowest BCUT2D eigenvalue weighted by molar-refractivity contribution is -0.121. The molecule has 0 unspecified atom stereocenters. The van der Waals surface area contributed by atoms with Gasteiger partial charge in [-0.05, 0) is 6.92 Å². The second kappa shape index (κ2) is 5.51. The molecule has 0 spiro atoms. The maximum Gasteiger partial charge on any atom is 0.329 e. The summed E-state index contributed by atoms with van der Waals surface area (Å²) in [4.78, 5) is 12.9. The number of hydrogen-bond donors (Lipinski definition) is 0. The van der Waals surface area contributed by atoms with Crippen LogP contribution >= 0.6 is 11.8 Å². The van der Waals surface area contributed by atoms with Gasteiger partial charge < -0.3 is 4.74 Å². The van der Waals surface area contributed by atoms with E-state index in [0.717, 1.165) is 4.31 Å². The summed E-state index contributed by atoms with van der Waals surface area (Å²) in [5.74, 6) is 0.600. The first-order valence-electron chi connectivity index (χ1n) is 6.71. The van der Waals surface area contributed by atoms with Crippen molar-refractivity contribution in [3.8, 4) is 0 Å². The number of anilines is 1. The Labute approximate surface area is 132 Å². The van der Waals surface area contributed by atoms with Crippen molar-refractivity contribution in [2.24, 2.45) is 7.05 Å². The molecule has 2 aliphatic rings. The Hall–Kier alpha value is -1.68. The normalized spacial score (nSPS) is 21.2. The van der Waals surface area contributed by atoms with E-state index in [1.807, 2.05) is 0 Å². The lowest BCUT2D eigenvalue weighted by Gasteiger charge is -2.22. The zero-order valence-electron chi connectivity index (χ0n) is 12.2. The molecule has 1 saturated heterocycles. The summed E-state index contributed by atoms with van der Waals surface area (Å²) >= 11 is 1.33. The molecule has 1 amide bonds. The first-order chi connectivity index (χ1) is 10.4. The third kappa shape index (κ3) is 2.45. The number of carbonyl (C=O) groups excluding carboxylic acids is 1. The largest absolute Gasteiger partial charge is 0.496 e. The molecule has 10 heteroatoms. The molecule has 8 nitrogen and oxygen atoms in total. The van der Waals surface area contributed by atoms with Crippen molar-refractivity contribution in [3.63, 3.8) is 0 Å². The van der Waals surface area contributed by atoms with E-state index in [1.165, 1.54) is 26.9 Å². The molecule has 3 heterocycles. The van der Waals surface area contributed by atoms with Crippen LogP contribution in [0.4, 0.5) is 5.69 Å². The minimum absolute atomic E-state index is 0.118. The number of hydrogen-bond acceptors (Lipinski definition) is 6. The molecule has 0 bridgehead atoms. The van der Waals surface area contributed by atoms with E-state index in [9.17, 15) is 13.2 Å². The van der Waals surface area contributed by atoms with Gasteiger partial charge in [0.25, 0.3) is 5.91 Å². The molecule has 0 atom stereocenters. The number of thioether (sulfide) groups is 1. The fraction of sp³-hybridized carbons (Fsp3) is 0.500. The topological polar surface area (TPSA) is 84.7 Å². The average Bonchev–Trinajstić information content (AvgIpc) is 3.01. The highest BCUT2D eigenvalue weighted by Gasteiger charge is 2.42. The van der Waals surface area contributed by atoms with Gasteiger partial charge in [0.2, 0.25) is 0 Å². The first-order valence-corrected chi connectivity index (χ1v) is 9.09. The third-order valence-electron chi connectivity index (χ3n) is 3.43. The number of amides is 1. The van der Waals surface area contributed by atoms with E-state index in [0.29, 0.717) is 28.7 Å². The molecule has 0 aliphatic carbocycles. The maximum atomic E-state index is 12.6. The Balaban J connectivity index is 1.89. The van der Waals surface area contributed by atoms with Gasteiger partial charge in [-0.2, -0.15) is 13.5 Å². The van der Waals surface area contributed by atoms with Crippen molar-refractivity contribution in [1.29, 1.82) is 0 Å². The average molecular weight is 344 g/mol. The van der Waals surface area contributed by atoms with Gasteiger partial charge in [-0.1, -0.05) is 0 Å². The number of rotatable bonds is 2. The van der Waals surface area contributed by atoms with E-state index >= 15 is 0 Å². The number of nitrogens with zero attached hydrogens (tertiary/aromatic N) is 4. The molecule has 0 radical (unpaired) electrons. The maximum absolute atomic E-state index is 12.6. The van der Waals surface area contributed by atoms with Crippen LogP contribution in [0.3, 0.4) is 0 Å². The zero-order chi connectivity index (χ0) is 15.9. The van der Waals surface area contributed by atoms with Crippen molar-refractivity contribution in [2.75, 3.05) is 29.8 Å². The van der Waals surface area contributed by atoms with Gasteiger partial charge in [0.05, 0.1) is 31.6 Å². The summed E-state index contributed by atoms with van der Waals surface area (Å²) in [6.45, 7) is 2.55. The van der Waals surface area contributed by atoms with Crippen molar-refractivity contribution < 1.29 is 17.9 Å². The molecule has 1 aromatic heterocycles.